The van der Waals surface area contributed by atoms with E-state index in [2.05, 4.69) is 32.4 Å². The van der Waals surface area contributed by atoms with E-state index < -0.39 is 0 Å². The number of rotatable bonds is 5. The van der Waals surface area contributed by atoms with Crippen LogP contribution in [0, 0.1) is 0 Å². The first-order chi connectivity index (χ1) is 11.8. The lowest BCUT2D eigenvalue weighted by Crippen LogP contribution is -2.34. The number of aromatic nitrogens is 4. The predicted molar refractivity (Wildman–Crippen MR) is 88.4 cm³/mol. The van der Waals surface area contributed by atoms with E-state index in [4.69, 9.17) is 9.74 Å². The molecule has 3 heterocycles. The zero-order chi connectivity index (χ0) is 16.4. The Kier molecular flexibility index (Phi) is 4.27. The number of aliphatic hydroxyl groups excluding tert-OH is 1. The Morgan fingerprint density at radius 3 is 3.12 bits per heavy atom. The van der Waals surface area contributed by atoms with Gasteiger partial charge in [-0.1, -0.05) is 12.1 Å². The van der Waals surface area contributed by atoms with Crippen LogP contribution < -0.4 is 0 Å². The van der Waals surface area contributed by atoms with E-state index in [1.54, 1.807) is 0 Å². The van der Waals surface area contributed by atoms with Gasteiger partial charge in [0.2, 0.25) is 0 Å². The highest BCUT2D eigenvalue weighted by Gasteiger charge is 2.24. The molecule has 4 rings (SSSR count). The number of hydrogen-bond acceptors (Lipinski definition) is 6. The third-order valence-corrected chi connectivity index (χ3v) is 4.68. The van der Waals surface area contributed by atoms with Crippen LogP contribution in [0.1, 0.15) is 30.0 Å². The molecule has 1 fully saturated rings. The maximum Gasteiger partial charge on any atom is 0.139 e. The van der Waals surface area contributed by atoms with E-state index in [0.717, 1.165) is 54.8 Å². The topological polar surface area (TPSA) is 80.2 Å². The Bertz CT molecular complexity index is 812. The molecule has 1 saturated heterocycles. The molecule has 0 spiro atoms. The molecule has 1 atom stereocenters. The van der Waals surface area contributed by atoms with E-state index in [9.17, 15) is 0 Å². The molecule has 126 valence electrons. The molecule has 0 radical (unpaired) electrons. The number of likely N-dealkylation sites (tertiary alicyclic amines) is 1. The minimum Gasteiger partial charge on any atom is -0.394 e. The number of benzene rings is 1. The van der Waals surface area contributed by atoms with Gasteiger partial charge >= 0.3 is 0 Å². The molecule has 1 unspecified atom stereocenters. The zero-order valence-corrected chi connectivity index (χ0v) is 13.5. The van der Waals surface area contributed by atoms with Crippen LogP contribution in [-0.4, -0.2) is 49.8 Å². The van der Waals surface area contributed by atoms with Gasteiger partial charge in [-0.3, -0.25) is 9.58 Å². The van der Waals surface area contributed by atoms with Crippen molar-refractivity contribution < 1.29 is 9.74 Å². The van der Waals surface area contributed by atoms with E-state index >= 15 is 0 Å². The van der Waals surface area contributed by atoms with E-state index in [0.29, 0.717) is 12.5 Å². The molecule has 0 amide bonds. The molecule has 7 heteroatoms. The van der Waals surface area contributed by atoms with Crippen molar-refractivity contribution in [3.8, 4) is 0 Å². The molecule has 1 aromatic carbocycles. The van der Waals surface area contributed by atoms with E-state index in [1.807, 2.05) is 23.0 Å². The average molecular weight is 327 g/mol. The maximum atomic E-state index is 9.03. The second-order valence-electron chi connectivity index (χ2n) is 6.35. The minimum atomic E-state index is 0.119. The van der Waals surface area contributed by atoms with Crippen LogP contribution >= 0.6 is 0 Å². The van der Waals surface area contributed by atoms with Crippen LogP contribution in [0.5, 0.6) is 0 Å². The molecule has 0 saturated carbocycles. The van der Waals surface area contributed by atoms with Crippen LogP contribution in [0.25, 0.3) is 11.0 Å². The van der Waals surface area contributed by atoms with Crippen molar-refractivity contribution in [2.24, 2.45) is 0 Å². The van der Waals surface area contributed by atoms with Gasteiger partial charge in [-0.25, -0.2) is 4.63 Å². The Labute approximate surface area is 139 Å². The smallest absolute Gasteiger partial charge is 0.139 e. The van der Waals surface area contributed by atoms with Gasteiger partial charge in [0.15, 0.2) is 0 Å². The first kappa shape index (κ1) is 15.3. The third kappa shape index (κ3) is 3.05. The minimum absolute atomic E-state index is 0.119. The highest BCUT2D eigenvalue weighted by atomic mass is 16.6. The molecular formula is C17H21N5O2. The van der Waals surface area contributed by atoms with Crippen molar-refractivity contribution in [2.45, 2.75) is 31.8 Å². The number of nitrogens with zero attached hydrogens (tertiary/aromatic N) is 5. The van der Waals surface area contributed by atoms with E-state index in [-0.39, 0.29) is 6.61 Å². The Balaban J connectivity index is 1.47. The first-order valence-corrected chi connectivity index (χ1v) is 8.40. The summed E-state index contributed by atoms with van der Waals surface area (Å²) in [5.74, 6) is 0.438. The molecule has 0 bridgehead atoms. The number of aliphatic hydroxyl groups is 1. The van der Waals surface area contributed by atoms with Crippen LogP contribution in [0.4, 0.5) is 0 Å². The summed E-state index contributed by atoms with van der Waals surface area (Å²) in [7, 11) is 0. The van der Waals surface area contributed by atoms with Crippen LogP contribution in [0.3, 0.4) is 0 Å². The first-order valence-electron chi connectivity index (χ1n) is 8.40. The molecule has 1 aliphatic heterocycles. The van der Waals surface area contributed by atoms with Gasteiger partial charge in [0.05, 0.1) is 18.8 Å². The summed E-state index contributed by atoms with van der Waals surface area (Å²) < 4.78 is 6.67. The lowest BCUT2D eigenvalue weighted by Gasteiger charge is -2.31. The summed E-state index contributed by atoms with van der Waals surface area (Å²) in [6, 6.07) is 8.08. The summed E-state index contributed by atoms with van der Waals surface area (Å²) >= 11 is 0. The van der Waals surface area contributed by atoms with Gasteiger partial charge in [-0.15, -0.1) is 0 Å². The predicted octanol–water partition coefficient (Wildman–Crippen LogP) is 1.79. The fourth-order valence-corrected chi connectivity index (χ4v) is 3.49. The van der Waals surface area contributed by atoms with Crippen LogP contribution in [0.15, 0.2) is 35.1 Å². The van der Waals surface area contributed by atoms with Crippen molar-refractivity contribution in [1.82, 2.24) is 25.0 Å². The Morgan fingerprint density at radius 1 is 1.25 bits per heavy atom. The van der Waals surface area contributed by atoms with Crippen LogP contribution in [0.2, 0.25) is 0 Å². The van der Waals surface area contributed by atoms with Gasteiger partial charge in [-0.05, 0) is 47.4 Å². The Morgan fingerprint density at radius 2 is 2.21 bits per heavy atom. The third-order valence-electron chi connectivity index (χ3n) is 4.68. The average Bonchev–Trinajstić information content (AvgIpc) is 3.25. The molecule has 1 N–H and O–H groups in total. The fraction of sp³-hybridized carbons (Fsp3) is 0.471. The number of piperidine rings is 1. The summed E-state index contributed by atoms with van der Waals surface area (Å²) in [5, 5.41) is 21.6. The van der Waals surface area contributed by atoms with Crippen molar-refractivity contribution in [3.63, 3.8) is 0 Å². The summed E-state index contributed by atoms with van der Waals surface area (Å²) in [6.07, 6.45) is 4.26. The molecule has 1 aliphatic rings. The van der Waals surface area contributed by atoms with Gasteiger partial charge < -0.3 is 5.11 Å². The second-order valence-corrected chi connectivity index (χ2v) is 6.35. The molecule has 3 aromatic rings. The van der Waals surface area contributed by atoms with Gasteiger partial charge in [0, 0.05) is 25.2 Å². The number of fused-ring (bicyclic) bond motifs is 1. The SMILES string of the molecule is OCCn1ccc(C2CCCN(Cc3cccc4nonc34)C2)n1. The quantitative estimate of drug-likeness (QED) is 0.769. The van der Waals surface area contributed by atoms with E-state index in [1.165, 1.54) is 0 Å². The van der Waals surface area contributed by atoms with Crippen molar-refractivity contribution in [3.05, 3.63) is 41.7 Å². The Hall–Kier alpha value is -2.25. The number of hydrogen-bond donors (Lipinski definition) is 1. The molecule has 2 aromatic heterocycles. The summed E-state index contributed by atoms with van der Waals surface area (Å²) in [5.41, 5.74) is 3.94. The lowest BCUT2D eigenvalue weighted by atomic mass is 9.94. The standard InChI is InChI=1S/C17H21N5O2/c23-10-9-22-8-6-15(18-22)13-4-2-7-21(11-13)12-14-3-1-5-16-17(14)20-24-19-16/h1,3,5-6,8,13,23H,2,4,7,9-12H2. The molecule has 7 nitrogen and oxygen atoms in total. The largest absolute Gasteiger partial charge is 0.394 e. The highest BCUT2D eigenvalue weighted by molar-refractivity contribution is 5.76. The summed E-state index contributed by atoms with van der Waals surface area (Å²) in [6.45, 7) is 3.58. The molecule has 24 heavy (non-hydrogen) atoms. The monoisotopic (exact) mass is 327 g/mol. The molecular weight excluding hydrogens is 306 g/mol. The highest BCUT2D eigenvalue weighted by Crippen LogP contribution is 2.27. The summed E-state index contributed by atoms with van der Waals surface area (Å²) in [4.78, 5) is 2.45. The second kappa shape index (κ2) is 6.70. The van der Waals surface area contributed by atoms with Crippen molar-refractivity contribution in [1.29, 1.82) is 0 Å². The normalized spacial score (nSPS) is 19.1. The maximum absolute atomic E-state index is 9.03. The zero-order valence-electron chi connectivity index (χ0n) is 13.5. The van der Waals surface area contributed by atoms with Crippen molar-refractivity contribution >= 4 is 11.0 Å². The lowest BCUT2D eigenvalue weighted by molar-refractivity contribution is 0.198. The van der Waals surface area contributed by atoms with Crippen LogP contribution in [-0.2, 0) is 13.1 Å². The molecule has 0 aliphatic carbocycles. The fourth-order valence-electron chi connectivity index (χ4n) is 3.49. The van der Waals surface area contributed by atoms with Gasteiger partial charge in [0.25, 0.3) is 0 Å². The van der Waals surface area contributed by atoms with Gasteiger partial charge in [0.1, 0.15) is 11.0 Å². The van der Waals surface area contributed by atoms with Gasteiger partial charge in [-0.2, -0.15) is 5.10 Å². The van der Waals surface area contributed by atoms with Crippen molar-refractivity contribution in [2.75, 3.05) is 19.7 Å².